The Balaban J connectivity index is 1.90. The number of carbonyl (C=O) groups is 2. The van der Waals surface area contributed by atoms with Crippen molar-refractivity contribution >= 4 is 12.0 Å². The molecule has 0 spiro atoms. The number of carboxylic acid groups (broad SMARTS) is 1. The van der Waals surface area contributed by atoms with Gasteiger partial charge in [0.25, 0.3) is 0 Å². The number of hydrogen-bond donors (Lipinski definition) is 2. The minimum atomic E-state index is -0.759. The fourth-order valence-electron chi connectivity index (χ4n) is 3.52. The van der Waals surface area contributed by atoms with Crippen molar-refractivity contribution in [2.75, 3.05) is 19.6 Å². The Hall–Kier alpha value is -1.26. The lowest BCUT2D eigenvalue weighted by Gasteiger charge is -2.39. The van der Waals surface area contributed by atoms with E-state index in [1.54, 1.807) is 4.90 Å². The van der Waals surface area contributed by atoms with E-state index in [0.29, 0.717) is 43.8 Å². The first-order valence-electron chi connectivity index (χ1n) is 8.07. The number of hydrogen-bond acceptors (Lipinski definition) is 2. The molecule has 120 valence electrons. The molecule has 0 bridgehead atoms. The standard InChI is InChI=1S/C16H28N2O3/c1-4-6-16(13(19)20)7-5-8-18(11-16)14(21)17-10-12-9-15(12,2)3/h12H,4-11H2,1-3H3,(H,17,21)(H,19,20). The van der Waals surface area contributed by atoms with Gasteiger partial charge in [-0.25, -0.2) is 4.79 Å². The van der Waals surface area contributed by atoms with Crippen LogP contribution in [0, 0.1) is 16.7 Å². The molecule has 1 heterocycles. The van der Waals surface area contributed by atoms with Gasteiger partial charge in [-0.2, -0.15) is 0 Å². The van der Waals surface area contributed by atoms with E-state index in [1.807, 2.05) is 6.92 Å². The van der Waals surface area contributed by atoms with E-state index >= 15 is 0 Å². The van der Waals surface area contributed by atoms with Crippen LogP contribution in [-0.2, 0) is 4.79 Å². The second-order valence-corrected chi connectivity index (χ2v) is 7.44. The van der Waals surface area contributed by atoms with E-state index in [0.717, 1.165) is 19.3 Å². The molecule has 1 saturated carbocycles. The summed E-state index contributed by atoms with van der Waals surface area (Å²) in [6.07, 6.45) is 4.08. The molecule has 2 unspecified atom stereocenters. The number of amides is 2. The number of nitrogens with zero attached hydrogens (tertiary/aromatic N) is 1. The van der Waals surface area contributed by atoms with Gasteiger partial charge in [-0.3, -0.25) is 4.79 Å². The molecule has 5 heteroatoms. The zero-order valence-corrected chi connectivity index (χ0v) is 13.4. The quantitative estimate of drug-likeness (QED) is 0.819. The van der Waals surface area contributed by atoms with Crippen molar-refractivity contribution in [1.29, 1.82) is 0 Å². The van der Waals surface area contributed by atoms with Gasteiger partial charge < -0.3 is 15.3 Å². The van der Waals surface area contributed by atoms with Crippen LogP contribution in [0.2, 0.25) is 0 Å². The molecule has 1 aliphatic heterocycles. The highest BCUT2D eigenvalue weighted by Gasteiger charge is 2.46. The third kappa shape index (κ3) is 3.50. The molecule has 0 aromatic carbocycles. The molecule has 2 fully saturated rings. The largest absolute Gasteiger partial charge is 0.481 e. The molecule has 2 aliphatic rings. The van der Waals surface area contributed by atoms with Gasteiger partial charge in [0.15, 0.2) is 0 Å². The highest BCUT2D eigenvalue weighted by Crippen LogP contribution is 2.51. The van der Waals surface area contributed by atoms with Crippen LogP contribution in [0.25, 0.3) is 0 Å². The number of aliphatic carboxylic acids is 1. The molecular formula is C16H28N2O3. The minimum absolute atomic E-state index is 0.0980. The smallest absolute Gasteiger partial charge is 0.317 e. The molecule has 0 aromatic heterocycles. The number of nitrogens with one attached hydrogen (secondary N) is 1. The fraction of sp³-hybridized carbons (Fsp3) is 0.875. The zero-order chi connectivity index (χ0) is 15.7. The van der Waals surface area contributed by atoms with Crippen LogP contribution in [0.5, 0.6) is 0 Å². The average molecular weight is 296 g/mol. The van der Waals surface area contributed by atoms with E-state index in [-0.39, 0.29) is 6.03 Å². The topological polar surface area (TPSA) is 69.6 Å². The lowest BCUT2D eigenvalue weighted by molar-refractivity contribution is -0.152. The molecule has 2 amide bonds. The number of rotatable bonds is 5. The number of urea groups is 1. The van der Waals surface area contributed by atoms with Crippen molar-refractivity contribution in [3.8, 4) is 0 Å². The van der Waals surface area contributed by atoms with Crippen LogP contribution in [0.1, 0.15) is 52.9 Å². The Bertz CT molecular complexity index is 418. The Kier molecular flexibility index (Phi) is 4.49. The van der Waals surface area contributed by atoms with E-state index in [4.69, 9.17) is 0 Å². The highest BCUT2D eigenvalue weighted by molar-refractivity contribution is 5.78. The van der Waals surface area contributed by atoms with Crippen molar-refractivity contribution in [2.45, 2.75) is 52.9 Å². The predicted molar refractivity (Wildman–Crippen MR) is 81.1 cm³/mol. The van der Waals surface area contributed by atoms with Gasteiger partial charge in [-0.1, -0.05) is 27.2 Å². The monoisotopic (exact) mass is 296 g/mol. The van der Waals surface area contributed by atoms with Crippen molar-refractivity contribution in [3.05, 3.63) is 0 Å². The Morgan fingerprint density at radius 1 is 1.38 bits per heavy atom. The zero-order valence-electron chi connectivity index (χ0n) is 13.4. The molecular weight excluding hydrogens is 268 g/mol. The summed E-state index contributed by atoms with van der Waals surface area (Å²) in [5.74, 6) is -0.198. The lowest BCUT2D eigenvalue weighted by Crippen LogP contribution is -2.52. The van der Waals surface area contributed by atoms with E-state index in [1.165, 1.54) is 0 Å². The van der Waals surface area contributed by atoms with Crippen LogP contribution in [-0.4, -0.2) is 41.6 Å². The summed E-state index contributed by atoms with van der Waals surface area (Å²) >= 11 is 0. The Morgan fingerprint density at radius 2 is 2.05 bits per heavy atom. The van der Waals surface area contributed by atoms with Gasteiger partial charge in [-0.15, -0.1) is 0 Å². The van der Waals surface area contributed by atoms with E-state index in [9.17, 15) is 14.7 Å². The van der Waals surface area contributed by atoms with Crippen molar-refractivity contribution in [2.24, 2.45) is 16.7 Å². The van der Waals surface area contributed by atoms with Crippen LogP contribution in [0.4, 0.5) is 4.79 Å². The third-order valence-corrected chi connectivity index (χ3v) is 5.26. The number of piperidine rings is 1. The van der Waals surface area contributed by atoms with Crippen LogP contribution in [0.15, 0.2) is 0 Å². The summed E-state index contributed by atoms with van der Waals surface area (Å²) in [6.45, 7) is 8.13. The van der Waals surface area contributed by atoms with Crippen LogP contribution in [0.3, 0.4) is 0 Å². The second-order valence-electron chi connectivity index (χ2n) is 7.44. The van der Waals surface area contributed by atoms with E-state index < -0.39 is 11.4 Å². The predicted octanol–water partition coefficient (Wildman–Crippen LogP) is 2.71. The molecule has 5 nitrogen and oxygen atoms in total. The first-order valence-corrected chi connectivity index (χ1v) is 8.07. The summed E-state index contributed by atoms with van der Waals surface area (Å²) < 4.78 is 0. The molecule has 0 aromatic rings. The maximum Gasteiger partial charge on any atom is 0.317 e. The summed E-state index contributed by atoms with van der Waals surface area (Å²) in [7, 11) is 0. The second kappa shape index (κ2) is 5.85. The Morgan fingerprint density at radius 3 is 2.57 bits per heavy atom. The molecule has 2 atom stereocenters. The van der Waals surface area contributed by atoms with Crippen molar-refractivity contribution < 1.29 is 14.7 Å². The fourth-order valence-corrected chi connectivity index (χ4v) is 3.52. The lowest BCUT2D eigenvalue weighted by atomic mass is 9.76. The molecule has 1 aliphatic carbocycles. The van der Waals surface area contributed by atoms with Gasteiger partial charge in [0.05, 0.1) is 5.41 Å². The van der Waals surface area contributed by atoms with Crippen molar-refractivity contribution in [3.63, 3.8) is 0 Å². The Labute approximate surface area is 127 Å². The minimum Gasteiger partial charge on any atom is -0.481 e. The van der Waals surface area contributed by atoms with Gasteiger partial charge in [0.1, 0.15) is 0 Å². The third-order valence-electron chi connectivity index (χ3n) is 5.26. The molecule has 2 rings (SSSR count). The summed E-state index contributed by atoms with van der Waals surface area (Å²) in [6, 6.07) is -0.0980. The van der Waals surface area contributed by atoms with Gasteiger partial charge in [0.2, 0.25) is 0 Å². The first kappa shape index (κ1) is 16.1. The van der Waals surface area contributed by atoms with Crippen LogP contribution < -0.4 is 5.32 Å². The molecule has 21 heavy (non-hydrogen) atoms. The number of likely N-dealkylation sites (tertiary alicyclic amines) is 1. The van der Waals surface area contributed by atoms with Gasteiger partial charge >= 0.3 is 12.0 Å². The first-order chi connectivity index (χ1) is 9.81. The summed E-state index contributed by atoms with van der Waals surface area (Å²) in [4.78, 5) is 25.6. The highest BCUT2D eigenvalue weighted by atomic mass is 16.4. The average Bonchev–Trinajstić information content (AvgIpc) is 3.04. The molecule has 1 saturated heterocycles. The SMILES string of the molecule is CCCC1(C(=O)O)CCCN(C(=O)NCC2CC2(C)C)C1. The summed E-state index contributed by atoms with van der Waals surface area (Å²) in [5.41, 5.74) is -0.397. The number of carboxylic acids is 1. The maximum atomic E-state index is 12.3. The van der Waals surface area contributed by atoms with Gasteiger partial charge in [0, 0.05) is 19.6 Å². The molecule has 2 N–H and O–H groups in total. The number of carbonyl (C=O) groups excluding carboxylic acids is 1. The van der Waals surface area contributed by atoms with E-state index in [2.05, 4.69) is 19.2 Å². The summed E-state index contributed by atoms with van der Waals surface area (Å²) in [5, 5.41) is 12.5. The normalized spacial score (nSPS) is 30.8. The van der Waals surface area contributed by atoms with Gasteiger partial charge in [-0.05, 0) is 37.0 Å². The van der Waals surface area contributed by atoms with Crippen LogP contribution >= 0.6 is 0 Å². The molecule has 0 radical (unpaired) electrons. The van der Waals surface area contributed by atoms with Crippen molar-refractivity contribution in [1.82, 2.24) is 10.2 Å². The maximum absolute atomic E-state index is 12.3.